The quantitative estimate of drug-likeness (QED) is 0.411. The van der Waals surface area contributed by atoms with Crippen LogP contribution in [0.25, 0.3) is 11.3 Å². The van der Waals surface area contributed by atoms with Crippen molar-refractivity contribution in [3.05, 3.63) is 96.3 Å². The summed E-state index contributed by atoms with van der Waals surface area (Å²) in [6, 6.07) is 21.0. The number of pyridine rings is 1. The highest BCUT2D eigenvalue weighted by Gasteiger charge is 2.43. The van der Waals surface area contributed by atoms with Crippen LogP contribution in [-0.2, 0) is 0 Å². The lowest BCUT2D eigenvalue weighted by Crippen LogP contribution is -2.29. The van der Waals surface area contributed by atoms with Crippen molar-refractivity contribution in [2.75, 3.05) is 11.7 Å². The third kappa shape index (κ3) is 3.48. The van der Waals surface area contributed by atoms with Gasteiger partial charge in [-0.15, -0.1) is 0 Å². The zero-order valence-electron chi connectivity index (χ0n) is 17.3. The molecule has 6 nitrogen and oxygen atoms in total. The monoisotopic (exact) mass is 459 g/mol. The van der Waals surface area contributed by atoms with Crippen molar-refractivity contribution in [2.45, 2.75) is 12.1 Å². The summed E-state index contributed by atoms with van der Waals surface area (Å²) < 4.78 is 30.7. The van der Waals surface area contributed by atoms with Gasteiger partial charge in [-0.2, -0.15) is 0 Å². The first kappa shape index (κ1) is 19.8. The zero-order valence-corrected chi connectivity index (χ0v) is 18.1. The smallest absolute Gasteiger partial charge is 0.231 e. The summed E-state index contributed by atoms with van der Waals surface area (Å²) in [5.74, 6) is 2.43. The number of nitrogens with one attached hydrogen (secondary N) is 1. The molecule has 4 heterocycles. The van der Waals surface area contributed by atoms with Crippen molar-refractivity contribution in [1.29, 1.82) is 0 Å². The minimum absolute atomic E-state index is 0.195. The number of halogens is 1. The minimum Gasteiger partial charge on any atom is -0.459 e. The van der Waals surface area contributed by atoms with Gasteiger partial charge in [-0.1, -0.05) is 6.07 Å². The Labute approximate surface area is 194 Å². The second kappa shape index (κ2) is 7.90. The highest BCUT2D eigenvalue weighted by atomic mass is 32.1. The first-order chi connectivity index (χ1) is 16.2. The lowest BCUT2D eigenvalue weighted by atomic mass is 10.0. The minimum atomic E-state index is -0.304. The van der Waals surface area contributed by atoms with Crippen LogP contribution >= 0.6 is 12.2 Å². The molecule has 0 spiro atoms. The SMILES string of the molecule is Fc1ccc(-c2ccc([C@H]3[C@H](c4ccccn4)NC(=S)N3c3ccc4c(c3)OCO4)o2)cc1. The molecule has 2 aliphatic heterocycles. The summed E-state index contributed by atoms with van der Waals surface area (Å²) in [6.07, 6.45) is 1.76. The number of benzene rings is 2. The number of anilines is 1. The molecule has 164 valence electrons. The second-order valence-electron chi connectivity index (χ2n) is 7.74. The third-order valence-corrected chi connectivity index (χ3v) is 6.09. The van der Waals surface area contributed by atoms with Crippen LogP contribution in [0.1, 0.15) is 23.5 Å². The van der Waals surface area contributed by atoms with Crippen molar-refractivity contribution in [2.24, 2.45) is 0 Å². The van der Waals surface area contributed by atoms with Crippen LogP contribution in [0.5, 0.6) is 11.5 Å². The third-order valence-electron chi connectivity index (χ3n) is 5.78. The van der Waals surface area contributed by atoms with E-state index < -0.39 is 0 Å². The highest BCUT2D eigenvalue weighted by molar-refractivity contribution is 7.80. The van der Waals surface area contributed by atoms with Crippen molar-refractivity contribution in [1.82, 2.24) is 10.3 Å². The number of fused-ring (bicyclic) bond motifs is 1. The van der Waals surface area contributed by atoms with Crippen LogP contribution in [0, 0.1) is 5.82 Å². The molecule has 4 aromatic rings. The van der Waals surface area contributed by atoms with E-state index in [-0.39, 0.29) is 24.7 Å². The average molecular weight is 460 g/mol. The van der Waals surface area contributed by atoms with Crippen molar-refractivity contribution >= 4 is 23.0 Å². The lowest BCUT2D eigenvalue weighted by molar-refractivity contribution is 0.174. The first-order valence-corrected chi connectivity index (χ1v) is 10.8. The number of furan rings is 1. The van der Waals surface area contributed by atoms with E-state index in [2.05, 4.69) is 10.3 Å². The van der Waals surface area contributed by atoms with E-state index in [1.165, 1.54) is 12.1 Å². The van der Waals surface area contributed by atoms with Gasteiger partial charge in [-0.05, 0) is 72.9 Å². The molecule has 0 amide bonds. The molecule has 0 saturated carbocycles. The van der Waals surface area contributed by atoms with Gasteiger partial charge in [0.2, 0.25) is 6.79 Å². The van der Waals surface area contributed by atoms with E-state index in [9.17, 15) is 4.39 Å². The number of hydrogen-bond acceptors (Lipinski definition) is 5. The Morgan fingerprint density at radius 1 is 0.970 bits per heavy atom. The summed E-state index contributed by atoms with van der Waals surface area (Å²) in [5, 5.41) is 3.95. The molecular formula is C25H18FN3O3S. The summed E-state index contributed by atoms with van der Waals surface area (Å²) >= 11 is 5.75. The van der Waals surface area contributed by atoms with Gasteiger partial charge in [-0.3, -0.25) is 4.98 Å². The molecule has 2 aromatic carbocycles. The fourth-order valence-electron chi connectivity index (χ4n) is 4.24. The van der Waals surface area contributed by atoms with Crippen LogP contribution in [-0.4, -0.2) is 16.9 Å². The topological polar surface area (TPSA) is 59.8 Å². The molecule has 33 heavy (non-hydrogen) atoms. The van der Waals surface area contributed by atoms with E-state index in [0.29, 0.717) is 28.1 Å². The van der Waals surface area contributed by atoms with Gasteiger partial charge in [0.1, 0.15) is 23.4 Å². The van der Waals surface area contributed by atoms with Gasteiger partial charge in [0.15, 0.2) is 16.6 Å². The summed E-state index contributed by atoms with van der Waals surface area (Å²) in [5.41, 5.74) is 2.48. The molecule has 0 bridgehead atoms. The zero-order chi connectivity index (χ0) is 22.4. The van der Waals surface area contributed by atoms with Crippen LogP contribution in [0.4, 0.5) is 10.1 Å². The molecule has 2 aliphatic rings. The van der Waals surface area contributed by atoms with E-state index >= 15 is 0 Å². The largest absolute Gasteiger partial charge is 0.459 e. The van der Waals surface area contributed by atoms with Gasteiger partial charge < -0.3 is 24.1 Å². The Hall–Kier alpha value is -3.91. The first-order valence-electron chi connectivity index (χ1n) is 10.4. The second-order valence-corrected chi connectivity index (χ2v) is 8.13. The molecule has 0 radical (unpaired) electrons. The Kier molecular flexibility index (Phi) is 4.73. The number of thiocarbonyl (C=S) groups is 1. The molecule has 2 aromatic heterocycles. The molecule has 6 rings (SSSR count). The Morgan fingerprint density at radius 2 is 1.82 bits per heavy atom. The van der Waals surface area contributed by atoms with E-state index in [1.807, 2.05) is 53.4 Å². The Bertz CT molecular complexity index is 1330. The fraction of sp³-hybridized carbons (Fsp3) is 0.120. The average Bonchev–Trinajstić information content (AvgIpc) is 3.58. The van der Waals surface area contributed by atoms with Crippen LogP contribution in [0.2, 0.25) is 0 Å². The van der Waals surface area contributed by atoms with Crippen LogP contribution in [0.15, 0.2) is 83.4 Å². The number of rotatable bonds is 4. The predicted octanol–water partition coefficient (Wildman–Crippen LogP) is 5.39. The molecule has 1 saturated heterocycles. The molecule has 2 atom stereocenters. The molecule has 1 fully saturated rings. The molecule has 8 heteroatoms. The summed E-state index contributed by atoms with van der Waals surface area (Å²) in [6.45, 7) is 0.195. The van der Waals surface area contributed by atoms with E-state index in [4.69, 9.17) is 26.1 Å². The van der Waals surface area contributed by atoms with Crippen molar-refractivity contribution < 1.29 is 18.3 Å². The molecule has 1 N–H and O–H groups in total. The van der Waals surface area contributed by atoms with Gasteiger partial charge in [0.05, 0.1) is 11.7 Å². The van der Waals surface area contributed by atoms with E-state index in [1.54, 1.807) is 18.3 Å². The number of hydrogen-bond donors (Lipinski definition) is 1. The number of nitrogens with zero attached hydrogens (tertiary/aromatic N) is 2. The van der Waals surface area contributed by atoms with Crippen LogP contribution < -0.4 is 19.7 Å². The van der Waals surface area contributed by atoms with E-state index in [0.717, 1.165) is 16.9 Å². The van der Waals surface area contributed by atoms with Gasteiger partial charge in [0, 0.05) is 23.5 Å². The maximum Gasteiger partial charge on any atom is 0.231 e. The van der Waals surface area contributed by atoms with Gasteiger partial charge >= 0.3 is 0 Å². The maximum absolute atomic E-state index is 13.4. The van der Waals surface area contributed by atoms with Crippen molar-refractivity contribution in [3.8, 4) is 22.8 Å². The number of ether oxygens (including phenoxy) is 2. The Balaban J connectivity index is 1.44. The summed E-state index contributed by atoms with van der Waals surface area (Å²) in [4.78, 5) is 6.56. The highest BCUT2D eigenvalue weighted by Crippen LogP contribution is 2.45. The van der Waals surface area contributed by atoms with Gasteiger partial charge in [-0.25, -0.2) is 4.39 Å². The molecule has 0 unspecified atom stereocenters. The van der Waals surface area contributed by atoms with Crippen molar-refractivity contribution in [3.63, 3.8) is 0 Å². The molecular weight excluding hydrogens is 441 g/mol. The predicted molar refractivity (Wildman–Crippen MR) is 125 cm³/mol. The van der Waals surface area contributed by atoms with Gasteiger partial charge in [0.25, 0.3) is 0 Å². The maximum atomic E-state index is 13.4. The number of aromatic nitrogens is 1. The normalized spacial score (nSPS) is 19.1. The standard InChI is InChI=1S/C25H18FN3O3S/c26-16-6-4-15(5-7-16)19-10-11-21(32-19)24-23(18-3-1-2-12-27-18)28-25(33)29(24)17-8-9-20-22(13-17)31-14-30-20/h1-13,23-24H,14H2,(H,28,33)/t23-,24-/m0/s1. The van der Waals surface area contributed by atoms with Crippen LogP contribution in [0.3, 0.4) is 0 Å². The summed E-state index contributed by atoms with van der Waals surface area (Å²) in [7, 11) is 0. The fourth-order valence-corrected chi connectivity index (χ4v) is 4.58. The lowest BCUT2D eigenvalue weighted by Gasteiger charge is -2.26. The molecule has 0 aliphatic carbocycles. The Morgan fingerprint density at radius 3 is 2.64 bits per heavy atom.